The Balaban J connectivity index is 1.92. The molecule has 1 aromatic heterocycles. The van der Waals surface area contributed by atoms with Crippen molar-refractivity contribution in [2.24, 2.45) is 0 Å². The summed E-state index contributed by atoms with van der Waals surface area (Å²) >= 11 is 1.54. The average molecular weight is 264 g/mol. The molecule has 0 atom stereocenters. The van der Waals surface area contributed by atoms with Crippen molar-refractivity contribution in [3.8, 4) is 10.4 Å². The van der Waals surface area contributed by atoms with E-state index < -0.39 is 0 Å². The second-order valence-electron chi connectivity index (χ2n) is 4.23. The number of hydrogen-bond acceptors (Lipinski definition) is 2. The van der Waals surface area contributed by atoms with Gasteiger partial charge in [0.15, 0.2) is 0 Å². The normalized spacial score (nSPS) is 10.3. The molecular formula is C17H12OS. The Hall–Kier alpha value is -2.19. The summed E-state index contributed by atoms with van der Waals surface area (Å²) in [7, 11) is 0. The van der Waals surface area contributed by atoms with E-state index in [1.807, 2.05) is 60.7 Å². The van der Waals surface area contributed by atoms with Gasteiger partial charge in [-0.2, -0.15) is 0 Å². The van der Waals surface area contributed by atoms with Crippen LogP contribution in [-0.4, -0.2) is 5.78 Å². The van der Waals surface area contributed by atoms with Crippen LogP contribution >= 0.6 is 11.3 Å². The Morgan fingerprint density at radius 3 is 2.05 bits per heavy atom. The van der Waals surface area contributed by atoms with Crippen molar-refractivity contribution in [3.63, 3.8) is 0 Å². The van der Waals surface area contributed by atoms with Gasteiger partial charge in [0.1, 0.15) is 0 Å². The maximum absolute atomic E-state index is 12.3. The first-order valence-corrected chi connectivity index (χ1v) is 6.91. The molecule has 1 nitrogen and oxygen atoms in total. The molecule has 0 aliphatic carbocycles. The summed E-state index contributed by atoms with van der Waals surface area (Å²) < 4.78 is 0. The molecule has 19 heavy (non-hydrogen) atoms. The van der Waals surface area contributed by atoms with E-state index in [1.54, 1.807) is 0 Å². The zero-order chi connectivity index (χ0) is 13.1. The monoisotopic (exact) mass is 264 g/mol. The number of benzene rings is 2. The molecule has 3 aromatic rings. The van der Waals surface area contributed by atoms with Crippen LogP contribution in [-0.2, 0) is 0 Å². The van der Waals surface area contributed by atoms with Gasteiger partial charge in [-0.05, 0) is 17.7 Å². The third-order valence-corrected chi connectivity index (χ3v) is 4.06. The molecule has 0 amide bonds. The fourth-order valence-electron chi connectivity index (χ4n) is 1.95. The molecule has 0 saturated heterocycles. The van der Waals surface area contributed by atoms with Crippen molar-refractivity contribution < 1.29 is 4.79 Å². The molecule has 0 radical (unpaired) electrons. The molecule has 0 aliphatic rings. The minimum atomic E-state index is 0.0905. The Morgan fingerprint density at radius 2 is 1.37 bits per heavy atom. The quantitative estimate of drug-likeness (QED) is 0.629. The van der Waals surface area contributed by atoms with Crippen molar-refractivity contribution in [2.75, 3.05) is 0 Å². The maximum Gasteiger partial charge on any atom is 0.202 e. The van der Waals surface area contributed by atoms with Crippen LogP contribution in [0, 0.1) is 0 Å². The Labute approximate surface area is 116 Å². The van der Waals surface area contributed by atoms with Crippen molar-refractivity contribution in [3.05, 3.63) is 83.2 Å². The van der Waals surface area contributed by atoms with Gasteiger partial charge in [-0.3, -0.25) is 4.79 Å². The lowest BCUT2D eigenvalue weighted by Gasteiger charge is -1.97. The van der Waals surface area contributed by atoms with Crippen LogP contribution < -0.4 is 0 Å². The number of rotatable bonds is 3. The summed E-state index contributed by atoms with van der Waals surface area (Å²) in [6, 6.07) is 23.4. The first-order chi connectivity index (χ1) is 9.34. The van der Waals surface area contributed by atoms with E-state index in [0.29, 0.717) is 0 Å². The van der Waals surface area contributed by atoms with Crippen molar-refractivity contribution in [1.82, 2.24) is 0 Å². The molecule has 2 heteroatoms. The molecule has 0 aliphatic heterocycles. The van der Waals surface area contributed by atoms with Crippen LogP contribution in [0.25, 0.3) is 10.4 Å². The molecule has 0 unspecified atom stereocenters. The third-order valence-electron chi connectivity index (χ3n) is 2.92. The fraction of sp³-hybridized carbons (Fsp3) is 0. The van der Waals surface area contributed by atoms with Crippen molar-refractivity contribution in [1.29, 1.82) is 0 Å². The van der Waals surface area contributed by atoms with E-state index in [9.17, 15) is 4.79 Å². The van der Waals surface area contributed by atoms with Gasteiger partial charge in [-0.1, -0.05) is 60.7 Å². The summed E-state index contributed by atoms with van der Waals surface area (Å²) in [5.74, 6) is 0.0905. The Bertz CT molecular complexity index is 684. The second-order valence-corrected chi connectivity index (χ2v) is 5.31. The third kappa shape index (κ3) is 2.49. The van der Waals surface area contributed by atoms with E-state index >= 15 is 0 Å². The standard InChI is InChI=1S/C17H12OS/c18-17(14-9-5-2-6-10-14)16-12-11-15(19-16)13-7-3-1-4-8-13/h1-12H. The molecule has 92 valence electrons. The highest BCUT2D eigenvalue weighted by molar-refractivity contribution is 7.17. The van der Waals surface area contributed by atoms with E-state index in [2.05, 4.69) is 12.1 Å². The topological polar surface area (TPSA) is 17.1 Å². The van der Waals surface area contributed by atoms with E-state index in [0.717, 1.165) is 20.9 Å². The van der Waals surface area contributed by atoms with Gasteiger partial charge in [0, 0.05) is 10.4 Å². The molecule has 0 spiro atoms. The summed E-state index contributed by atoms with van der Waals surface area (Å²) in [5, 5.41) is 0. The SMILES string of the molecule is O=C(c1ccccc1)c1ccc(-c2ccccc2)s1. The minimum absolute atomic E-state index is 0.0905. The molecule has 0 N–H and O–H groups in total. The first-order valence-electron chi connectivity index (χ1n) is 6.09. The number of carbonyl (C=O) groups excluding carboxylic acids is 1. The average Bonchev–Trinajstić information content (AvgIpc) is 2.98. The largest absolute Gasteiger partial charge is 0.288 e. The fourth-order valence-corrected chi connectivity index (χ4v) is 2.92. The zero-order valence-electron chi connectivity index (χ0n) is 10.2. The Morgan fingerprint density at radius 1 is 0.737 bits per heavy atom. The Kier molecular flexibility index (Phi) is 3.25. The van der Waals surface area contributed by atoms with Crippen LogP contribution in [0.1, 0.15) is 15.2 Å². The summed E-state index contributed by atoms with van der Waals surface area (Å²) in [6.07, 6.45) is 0. The van der Waals surface area contributed by atoms with Gasteiger partial charge in [-0.25, -0.2) is 0 Å². The van der Waals surface area contributed by atoms with E-state index in [4.69, 9.17) is 0 Å². The number of carbonyl (C=O) groups is 1. The summed E-state index contributed by atoms with van der Waals surface area (Å²) in [5.41, 5.74) is 1.89. The maximum atomic E-state index is 12.3. The molecule has 0 saturated carbocycles. The van der Waals surface area contributed by atoms with Crippen molar-refractivity contribution >= 4 is 17.1 Å². The minimum Gasteiger partial charge on any atom is -0.288 e. The lowest BCUT2D eigenvalue weighted by atomic mass is 10.1. The van der Waals surface area contributed by atoms with Crippen LogP contribution in [0.3, 0.4) is 0 Å². The van der Waals surface area contributed by atoms with Gasteiger partial charge >= 0.3 is 0 Å². The van der Waals surface area contributed by atoms with Crippen LogP contribution in [0.4, 0.5) is 0 Å². The van der Waals surface area contributed by atoms with Crippen molar-refractivity contribution in [2.45, 2.75) is 0 Å². The highest BCUT2D eigenvalue weighted by atomic mass is 32.1. The molecule has 3 rings (SSSR count). The van der Waals surface area contributed by atoms with Gasteiger partial charge in [0.05, 0.1) is 4.88 Å². The van der Waals surface area contributed by atoms with E-state index in [-0.39, 0.29) is 5.78 Å². The highest BCUT2D eigenvalue weighted by Crippen LogP contribution is 2.29. The van der Waals surface area contributed by atoms with Crippen LogP contribution in [0.15, 0.2) is 72.8 Å². The predicted octanol–water partition coefficient (Wildman–Crippen LogP) is 4.65. The molecule has 1 heterocycles. The van der Waals surface area contributed by atoms with E-state index in [1.165, 1.54) is 11.3 Å². The molecular weight excluding hydrogens is 252 g/mol. The number of ketones is 1. The summed E-state index contributed by atoms with van der Waals surface area (Å²) in [4.78, 5) is 14.2. The van der Waals surface area contributed by atoms with Gasteiger partial charge in [0.25, 0.3) is 0 Å². The van der Waals surface area contributed by atoms with Gasteiger partial charge in [0.2, 0.25) is 5.78 Å². The van der Waals surface area contributed by atoms with Gasteiger partial charge in [-0.15, -0.1) is 11.3 Å². The lowest BCUT2D eigenvalue weighted by Crippen LogP contribution is -1.97. The van der Waals surface area contributed by atoms with Crippen LogP contribution in [0.2, 0.25) is 0 Å². The second kappa shape index (κ2) is 5.21. The lowest BCUT2D eigenvalue weighted by molar-refractivity contribution is 0.104. The first kappa shape index (κ1) is 11.9. The highest BCUT2D eigenvalue weighted by Gasteiger charge is 2.11. The molecule has 0 bridgehead atoms. The zero-order valence-corrected chi connectivity index (χ0v) is 11.1. The molecule has 2 aromatic carbocycles. The molecule has 0 fully saturated rings. The number of hydrogen-bond donors (Lipinski definition) is 0. The predicted molar refractivity (Wildman–Crippen MR) is 79.6 cm³/mol. The van der Waals surface area contributed by atoms with Gasteiger partial charge < -0.3 is 0 Å². The van der Waals surface area contributed by atoms with Crippen LogP contribution in [0.5, 0.6) is 0 Å². The smallest absolute Gasteiger partial charge is 0.202 e. The summed E-state index contributed by atoms with van der Waals surface area (Å²) in [6.45, 7) is 0. The number of thiophene rings is 1.